The second-order valence-electron chi connectivity index (χ2n) is 2.36. The van der Waals surface area contributed by atoms with Crippen LogP contribution in [0.4, 0.5) is 0 Å². The molecule has 12 heavy (non-hydrogen) atoms. The maximum Gasteiger partial charge on any atom is 1.00 e. The van der Waals surface area contributed by atoms with Gasteiger partial charge in [0.15, 0.2) is 0 Å². The van der Waals surface area contributed by atoms with E-state index in [1.165, 1.54) is 0 Å². The van der Waals surface area contributed by atoms with Gasteiger partial charge in [0.1, 0.15) is 0 Å². The Morgan fingerprint density at radius 1 is 1.25 bits per heavy atom. The summed E-state index contributed by atoms with van der Waals surface area (Å²) in [7, 11) is 0. The van der Waals surface area contributed by atoms with Crippen LogP contribution in [0.1, 0.15) is 12.0 Å². The SMILES string of the molecule is O=C([O-])CCc1ccccc1.[Na+]. The topological polar surface area (TPSA) is 40.1 Å². The average Bonchev–Trinajstić information content (AvgIpc) is 2.03. The van der Waals surface area contributed by atoms with Crippen LogP contribution in [0.15, 0.2) is 30.3 Å². The smallest absolute Gasteiger partial charge is 0.550 e. The van der Waals surface area contributed by atoms with Crippen LogP contribution < -0.4 is 34.7 Å². The molecule has 0 atom stereocenters. The zero-order chi connectivity index (χ0) is 8.10. The van der Waals surface area contributed by atoms with Crippen molar-refractivity contribution >= 4 is 5.97 Å². The molecule has 0 amide bonds. The first-order valence-electron chi connectivity index (χ1n) is 3.53. The van der Waals surface area contributed by atoms with Gasteiger partial charge in [0, 0.05) is 5.97 Å². The van der Waals surface area contributed by atoms with E-state index < -0.39 is 5.97 Å². The van der Waals surface area contributed by atoms with Gasteiger partial charge in [-0.1, -0.05) is 30.3 Å². The van der Waals surface area contributed by atoms with Gasteiger partial charge >= 0.3 is 29.6 Å². The Morgan fingerprint density at radius 3 is 2.33 bits per heavy atom. The van der Waals surface area contributed by atoms with Crippen LogP contribution in [0.2, 0.25) is 0 Å². The minimum atomic E-state index is -0.992. The molecule has 1 rings (SSSR count). The molecule has 0 N–H and O–H groups in total. The van der Waals surface area contributed by atoms with Crippen LogP contribution in [0.5, 0.6) is 0 Å². The predicted molar refractivity (Wildman–Crippen MR) is 39.8 cm³/mol. The second kappa shape index (κ2) is 6.23. The summed E-state index contributed by atoms with van der Waals surface area (Å²) in [6, 6.07) is 9.50. The van der Waals surface area contributed by atoms with Gasteiger partial charge in [0.2, 0.25) is 0 Å². The molecule has 0 aromatic heterocycles. The van der Waals surface area contributed by atoms with Gasteiger partial charge in [-0.2, -0.15) is 0 Å². The van der Waals surface area contributed by atoms with Crippen LogP contribution in [-0.2, 0) is 11.2 Å². The zero-order valence-corrected chi connectivity index (χ0v) is 9.12. The number of aliphatic carboxylic acids is 1. The van der Waals surface area contributed by atoms with Crippen molar-refractivity contribution in [2.45, 2.75) is 12.8 Å². The van der Waals surface area contributed by atoms with Crippen LogP contribution in [-0.4, -0.2) is 5.97 Å². The number of rotatable bonds is 3. The number of aryl methyl sites for hydroxylation is 1. The van der Waals surface area contributed by atoms with Gasteiger partial charge in [0.05, 0.1) is 0 Å². The molecule has 0 bridgehead atoms. The Labute approximate surface area is 93.9 Å². The van der Waals surface area contributed by atoms with Crippen molar-refractivity contribution in [1.29, 1.82) is 0 Å². The fourth-order valence-corrected chi connectivity index (χ4v) is 0.891. The van der Waals surface area contributed by atoms with Gasteiger partial charge in [-0.05, 0) is 18.4 Å². The molecule has 0 fully saturated rings. The maximum atomic E-state index is 10.1. The fourth-order valence-electron chi connectivity index (χ4n) is 0.891. The van der Waals surface area contributed by atoms with E-state index in [1.807, 2.05) is 30.3 Å². The van der Waals surface area contributed by atoms with E-state index in [-0.39, 0.29) is 36.0 Å². The van der Waals surface area contributed by atoms with E-state index >= 15 is 0 Å². The van der Waals surface area contributed by atoms with Gasteiger partial charge in [-0.3, -0.25) is 0 Å². The molecular formula is C9H9NaO2. The summed E-state index contributed by atoms with van der Waals surface area (Å²) in [6.45, 7) is 0. The summed E-state index contributed by atoms with van der Waals surface area (Å²) >= 11 is 0. The first-order valence-corrected chi connectivity index (χ1v) is 3.53. The summed E-state index contributed by atoms with van der Waals surface area (Å²) < 4.78 is 0. The molecule has 0 aliphatic heterocycles. The number of carbonyl (C=O) groups excluding carboxylic acids is 1. The molecular weight excluding hydrogens is 163 g/mol. The van der Waals surface area contributed by atoms with Crippen LogP contribution in [0.25, 0.3) is 0 Å². The summed E-state index contributed by atoms with van der Waals surface area (Å²) in [5.74, 6) is -0.992. The van der Waals surface area contributed by atoms with Gasteiger partial charge in [-0.25, -0.2) is 0 Å². The van der Waals surface area contributed by atoms with Crippen molar-refractivity contribution in [3.8, 4) is 0 Å². The molecule has 0 saturated carbocycles. The van der Waals surface area contributed by atoms with Crippen molar-refractivity contribution in [2.24, 2.45) is 0 Å². The molecule has 0 saturated heterocycles. The van der Waals surface area contributed by atoms with Crippen molar-refractivity contribution in [1.82, 2.24) is 0 Å². The maximum absolute atomic E-state index is 10.1. The van der Waals surface area contributed by atoms with E-state index in [0.717, 1.165) is 5.56 Å². The molecule has 0 radical (unpaired) electrons. The quantitative estimate of drug-likeness (QED) is 0.468. The minimum absolute atomic E-state index is 0. The Balaban J connectivity index is 0.00000121. The summed E-state index contributed by atoms with van der Waals surface area (Å²) in [5, 5.41) is 10.1. The Bertz CT molecular complexity index is 234. The number of carboxylic acid groups (broad SMARTS) is 1. The average molecular weight is 172 g/mol. The molecule has 1 aromatic rings. The second-order valence-corrected chi connectivity index (χ2v) is 2.36. The molecule has 0 heterocycles. The van der Waals surface area contributed by atoms with Crippen molar-refractivity contribution in [3.63, 3.8) is 0 Å². The third kappa shape index (κ3) is 4.54. The number of benzene rings is 1. The predicted octanol–water partition coefficient (Wildman–Crippen LogP) is -2.63. The number of hydrogen-bond donors (Lipinski definition) is 0. The fraction of sp³-hybridized carbons (Fsp3) is 0.222. The van der Waals surface area contributed by atoms with Crippen LogP contribution in [0.3, 0.4) is 0 Å². The molecule has 0 aliphatic rings. The third-order valence-corrected chi connectivity index (χ3v) is 1.46. The van der Waals surface area contributed by atoms with Crippen molar-refractivity contribution in [2.75, 3.05) is 0 Å². The van der Waals surface area contributed by atoms with Crippen LogP contribution >= 0.6 is 0 Å². The summed E-state index contributed by atoms with van der Waals surface area (Å²) in [6.07, 6.45) is 0.660. The van der Waals surface area contributed by atoms with E-state index in [0.29, 0.717) is 6.42 Å². The summed E-state index contributed by atoms with van der Waals surface area (Å²) in [5.41, 5.74) is 1.04. The molecule has 0 spiro atoms. The number of hydrogen-bond acceptors (Lipinski definition) is 2. The van der Waals surface area contributed by atoms with Crippen molar-refractivity contribution < 1.29 is 39.5 Å². The first kappa shape index (κ1) is 11.7. The third-order valence-electron chi connectivity index (χ3n) is 1.46. The standard InChI is InChI=1S/C9H10O2.Na/c10-9(11)7-6-8-4-2-1-3-5-8;/h1-5H,6-7H2,(H,10,11);/q;+1/p-1. The van der Waals surface area contributed by atoms with E-state index in [4.69, 9.17) is 0 Å². The molecule has 0 aliphatic carbocycles. The molecule has 0 unspecified atom stereocenters. The Kier molecular flexibility index (Phi) is 6.07. The van der Waals surface area contributed by atoms with Crippen LogP contribution in [0, 0.1) is 0 Å². The first-order chi connectivity index (χ1) is 5.29. The normalized spacial score (nSPS) is 8.67. The van der Waals surface area contributed by atoms with Gasteiger partial charge in [0.25, 0.3) is 0 Å². The van der Waals surface area contributed by atoms with E-state index in [9.17, 15) is 9.90 Å². The van der Waals surface area contributed by atoms with E-state index in [2.05, 4.69) is 0 Å². The van der Waals surface area contributed by atoms with Gasteiger partial charge in [-0.15, -0.1) is 0 Å². The number of carboxylic acids is 1. The zero-order valence-electron chi connectivity index (χ0n) is 7.12. The van der Waals surface area contributed by atoms with Gasteiger partial charge < -0.3 is 9.90 Å². The molecule has 1 aromatic carbocycles. The monoisotopic (exact) mass is 172 g/mol. The van der Waals surface area contributed by atoms with E-state index in [1.54, 1.807) is 0 Å². The minimum Gasteiger partial charge on any atom is -0.550 e. The Hall–Kier alpha value is -0.310. The largest absolute Gasteiger partial charge is 1.00 e. The number of carbonyl (C=O) groups is 1. The Morgan fingerprint density at radius 2 is 1.83 bits per heavy atom. The molecule has 2 nitrogen and oxygen atoms in total. The van der Waals surface area contributed by atoms with Crippen molar-refractivity contribution in [3.05, 3.63) is 35.9 Å². The molecule has 58 valence electrons. The summed E-state index contributed by atoms with van der Waals surface area (Å²) in [4.78, 5) is 10.1. The molecule has 3 heteroatoms.